The van der Waals surface area contributed by atoms with Crippen molar-refractivity contribution in [2.75, 3.05) is 7.11 Å². The zero-order chi connectivity index (χ0) is 17.8. The van der Waals surface area contributed by atoms with Crippen molar-refractivity contribution < 1.29 is 9.53 Å². The Morgan fingerprint density at radius 2 is 2.00 bits per heavy atom. The maximum atomic E-state index is 12.4. The van der Waals surface area contributed by atoms with Gasteiger partial charge in [0.2, 0.25) is 5.91 Å². The Morgan fingerprint density at radius 1 is 1.24 bits per heavy atom. The molecule has 2 aromatic carbocycles. The van der Waals surface area contributed by atoms with Gasteiger partial charge in [0.05, 0.1) is 13.2 Å². The van der Waals surface area contributed by atoms with Gasteiger partial charge in [-0.15, -0.1) is 0 Å². The third-order valence-corrected chi connectivity index (χ3v) is 5.37. The topological polar surface area (TPSA) is 38.3 Å². The Morgan fingerprint density at radius 3 is 2.72 bits per heavy atom. The summed E-state index contributed by atoms with van der Waals surface area (Å²) in [4.78, 5) is 12.4. The lowest BCUT2D eigenvalue weighted by Crippen LogP contribution is -2.31. The van der Waals surface area contributed by atoms with E-state index in [2.05, 4.69) is 17.4 Å². The van der Waals surface area contributed by atoms with Gasteiger partial charge in [-0.05, 0) is 66.6 Å². The zero-order valence-electron chi connectivity index (χ0n) is 14.1. The number of fused-ring (bicyclic) bond motifs is 1. The summed E-state index contributed by atoms with van der Waals surface area (Å²) < 4.78 is 5.29. The van der Waals surface area contributed by atoms with Crippen LogP contribution in [0.1, 0.15) is 42.0 Å². The molecule has 2 aromatic rings. The normalized spacial score (nSPS) is 16.2. The van der Waals surface area contributed by atoms with E-state index in [1.54, 1.807) is 19.2 Å². The van der Waals surface area contributed by atoms with Gasteiger partial charge in [-0.25, -0.2) is 0 Å². The molecule has 3 rings (SSSR count). The third kappa shape index (κ3) is 4.28. The number of benzene rings is 2. The summed E-state index contributed by atoms with van der Waals surface area (Å²) >= 11 is 12.3. The molecule has 0 aliphatic heterocycles. The lowest BCUT2D eigenvalue weighted by atomic mass is 9.87. The lowest BCUT2D eigenvalue weighted by Gasteiger charge is -2.27. The number of nitrogens with one attached hydrogen (secondary N) is 1. The van der Waals surface area contributed by atoms with E-state index in [4.69, 9.17) is 27.9 Å². The van der Waals surface area contributed by atoms with Crippen LogP contribution in [-0.4, -0.2) is 13.0 Å². The average molecular weight is 378 g/mol. The molecule has 0 aromatic heterocycles. The molecule has 0 spiro atoms. The molecule has 0 saturated carbocycles. The van der Waals surface area contributed by atoms with Gasteiger partial charge < -0.3 is 10.1 Å². The minimum atomic E-state index is 0.0182. The molecule has 1 atom stereocenters. The zero-order valence-corrected chi connectivity index (χ0v) is 15.7. The summed E-state index contributed by atoms with van der Waals surface area (Å²) in [5.41, 5.74) is 3.27. The predicted octanol–water partition coefficient (Wildman–Crippen LogP) is 5.13. The number of hydrogen-bond donors (Lipinski definition) is 1. The van der Waals surface area contributed by atoms with Gasteiger partial charge >= 0.3 is 0 Å². The van der Waals surface area contributed by atoms with Gasteiger partial charge in [-0.2, -0.15) is 0 Å². The highest BCUT2D eigenvalue weighted by Crippen LogP contribution is 2.32. The van der Waals surface area contributed by atoms with Crippen molar-refractivity contribution in [3.63, 3.8) is 0 Å². The summed E-state index contributed by atoms with van der Waals surface area (Å²) in [6.45, 7) is 0. The molecule has 132 valence electrons. The molecule has 1 aliphatic carbocycles. The number of carbonyl (C=O) groups is 1. The van der Waals surface area contributed by atoms with Crippen molar-refractivity contribution in [3.8, 4) is 5.75 Å². The van der Waals surface area contributed by atoms with Crippen LogP contribution >= 0.6 is 23.2 Å². The lowest BCUT2D eigenvalue weighted by molar-refractivity contribution is -0.121. The van der Waals surface area contributed by atoms with Crippen LogP contribution in [0.3, 0.4) is 0 Å². The highest BCUT2D eigenvalue weighted by Gasteiger charge is 2.22. The maximum Gasteiger partial charge on any atom is 0.220 e. The molecule has 1 amide bonds. The van der Waals surface area contributed by atoms with E-state index in [0.717, 1.165) is 30.6 Å². The molecule has 0 fully saturated rings. The van der Waals surface area contributed by atoms with Crippen LogP contribution in [0.5, 0.6) is 5.75 Å². The molecular weight excluding hydrogens is 357 g/mol. The number of hydrogen-bond acceptors (Lipinski definition) is 2. The van der Waals surface area contributed by atoms with E-state index in [1.807, 2.05) is 12.1 Å². The summed E-state index contributed by atoms with van der Waals surface area (Å²) in [7, 11) is 1.67. The Hall–Kier alpha value is -1.71. The second-order valence-corrected chi connectivity index (χ2v) is 7.09. The molecule has 0 radical (unpaired) electrons. The van der Waals surface area contributed by atoms with Gasteiger partial charge in [0.15, 0.2) is 0 Å². The van der Waals surface area contributed by atoms with Crippen LogP contribution in [0, 0.1) is 0 Å². The Bertz CT molecular complexity index is 756. The van der Waals surface area contributed by atoms with Crippen molar-refractivity contribution in [1.82, 2.24) is 5.32 Å². The van der Waals surface area contributed by atoms with E-state index < -0.39 is 0 Å². The summed E-state index contributed by atoms with van der Waals surface area (Å²) in [5, 5.41) is 4.37. The molecule has 0 unspecified atom stereocenters. The Labute approximate surface area is 158 Å². The number of ether oxygens (including phenoxy) is 1. The second-order valence-electron chi connectivity index (χ2n) is 6.28. The van der Waals surface area contributed by atoms with E-state index in [-0.39, 0.29) is 11.9 Å². The first-order valence-corrected chi connectivity index (χ1v) is 9.23. The van der Waals surface area contributed by atoms with E-state index in [1.165, 1.54) is 11.1 Å². The quantitative estimate of drug-likeness (QED) is 0.784. The first-order chi connectivity index (χ1) is 12.1. The SMILES string of the molecule is COc1ccc2c(c1)CCC[C@@H]2NC(=O)CCc1c(Cl)cccc1Cl. The van der Waals surface area contributed by atoms with Gasteiger partial charge in [0.1, 0.15) is 5.75 Å². The van der Waals surface area contributed by atoms with E-state index in [0.29, 0.717) is 22.9 Å². The molecule has 1 aliphatic rings. The molecule has 25 heavy (non-hydrogen) atoms. The molecule has 0 saturated heterocycles. The highest BCUT2D eigenvalue weighted by atomic mass is 35.5. The average Bonchev–Trinajstić information content (AvgIpc) is 2.61. The molecule has 3 nitrogen and oxygen atoms in total. The Balaban J connectivity index is 1.64. The van der Waals surface area contributed by atoms with Crippen LogP contribution in [0.15, 0.2) is 36.4 Å². The van der Waals surface area contributed by atoms with Crippen molar-refractivity contribution in [3.05, 3.63) is 63.1 Å². The summed E-state index contributed by atoms with van der Waals surface area (Å²) in [6.07, 6.45) is 3.94. The predicted molar refractivity (Wildman–Crippen MR) is 102 cm³/mol. The smallest absolute Gasteiger partial charge is 0.220 e. The minimum absolute atomic E-state index is 0.0182. The van der Waals surface area contributed by atoms with Crippen molar-refractivity contribution >= 4 is 29.1 Å². The highest BCUT2D eigenvalue weighted by molar-refractivity contribution is 6.36. The van der Waals surface area contributed by atoms with Crippen LogP contribution in [0.4, 0.5) is 0 Å². The number of amides is 1. The maximum absolute atomic E-state index is 12.4. The number of methoxy groups -OCH3 is 1. The fraction of sp³-hybridized carbons (Fsp3) is 0.350. The number of aryl methyl sites for hydroxylation is 1. The van der Waals surface area contributed by atoms with Gasteiger partial charge in [0.25, 0.3) is 0 Å². The first-order valence-electron chi connectivity index (χ1n) is 8.47. The fourth-order valence-corrected chi connectivity index (χ4v) is 3.93. The van der Waals surface area contributed by atoms with Gasteiger partial charge in [-0.1, -0.05) is 35.3 Å². The summed E-state index contributed by atoms with van der Waals surface area (Å²) in [5.74, 6) is 0.878. The van der Waals surface area contributed by atoms with Crippen molar-refractivity contribution in [2.24, 2.45) is 0 Å². The van der Waals surface area contributed by atoms with Crippen molar-refractivity contribution in [1.29, 1.82) is 0 Å². The Kier molecular flexibility index (Phi) is 5.87. The first kappa shape index (κ1) is 18.1. The van der Waals surface area contributed by atoms with Gasteiger partial charge in [-0.3, -0.25) is 4.79 Å². The van der Waals surface area contributed by atoms with Gasteiger partial charge in [0, 0.05) is 16.5 Å². The molecule has 0 bridgehead atoms. The van der Waals surface area contributed by atoms with Crippen LogP contribution < -0.4 is 10.1 Å². The molecular formula is C20H21Cl2NO2. The summed E-state index contributed by atoms with van der Waals surface area (Å²) in [6, 6.07) is 11.5. The van der Waals surface area contributed by atoms with Crippen molar-refractivity contribution in [2.45, 2.75) is 38.1 Å². The largest absolute Gasteiger partial charge is 0.497 e. The molecule has 5 heteroatoms. The van der Waals surface area contributed by atoms with Crippen LogP contribution in [0.2, 0.25) is 10.0 Å². The van der Waals surface area contributed by atoms with E-state index in [9.17, 15) is 4.79 Å². The number of halogens is 2. The molecule has 0 heterocycles. The monoisotopic (exact) mass is 377 g/mol. The van der Waals surface area contributed by atoms with Crippen LogP contribution in [0.25, 0.3) is 0 Å². The number of carbonyl (C=O) groups excluding carboxylic acids is 1. The third-order valence-electron chi connectivity index (χ3n) is 4.66. The molecule has 1 N–H and O–H groups in total. The standard InChI is InChI=1S/C20H21Cl2NO2/c1-25-14-8-9-15-13(12-14)4-2-7-19(15)23-20(24)11-10-16-17(21)5-3-6-18(16)22/h3,5-6,8-9,12,19H,2,4,7,10-11H2,1H3,(H,23,24)/t19-/m0/s1. The fourth-order valence-electron chi connectivity index (χ4n) is 3.34. The second kappa shape index (κ2) is 8.11. The number of rotatable bonds is 5. The van der Waals surface area contributed by atoms with E-state index >= 15 is 0 Å². The van der Waals surface area contributed by atoms with Crippen LogP contribution in [-0.2, 0) is 17.6 Å². The minimum Gasteiger partial charge on any atom is -0.497 e.